The van der Waals surface area contributed by atoms with Gasteiger partial charge in [-0.1, -0.05) is 30.8 Å². The van der Waals surface area contributed by atoms with Crippen LogP contribution in [0.5, 0.6) is 0 Å². The Bertz CT molecular complexity index is 793. The molecule has 2 rings (SSSR count). The maximum Gasteiger partial charge on any atom is 0.316 e. The highest BCUT2D eigenvalue weighted by atomic mass is 32.2. The molecule has 6 heteroatoms. The Morgan fingerprint density at radius 2 is 2.00 bits per heavy atom. The third-order valence-electron chi connectivity index (χ3n) is 3.55. The predicted octanol–water partition coefficient (Wildman–Crippen LogP) is 3.80. The second-order valence-corrected chi connectivity index (χ2v) is 7.66. The summed E-state index contributed by atoms with van der Waals surface area (Å²) in [6.07, 6.45) is 0.805. The van der Waals surface area contributed by atoms with Gasteiger partial charge in [-0.25, -0.2) is 4.98 Å². The predicted molar refractivity (Wildman–Crippen MR) is 97.6 cm³/mol. The van der Waals surface area contributed by atoms with Crippen LogP contribution in [0.25, 0.3) is 10.9 Å². The Balaban J connectivity index is 2.37. The zero-order chi connectivity index (χ0) is 17.9. The lowest BCUT2D eigenvalue weighted by atomic mass is 10.2. The maximum absolute atomic E-state index is 12.8. The molecule has 0 aliphatic rings. The summed E-state index contributed by atoms with van der Waals surface area (Å²) in [6.45, 7) is 9.50. The Hall–Kier alpha value is -1.82. The first-order valence-corrected chi connectivity index (χ1v) is 9.07. The van der Waals surface area contributed by atoms with Crippen molar-refractivity contribution in [2.75, 3.05) is 5.75 Å². The molecule has 0 saturated heterocycles. The van der Waals surface area contributed by atoms with Crippen molar-refractivity contribution in [3.05, 3.63) is 34.6 Å². The third-order valence-corrected chi connectivity index (χ3v) is 4.47. The number of nitrogens with zero attached hydrogens (tertiary/aromatic N) is 2. The molecule has 5 nitrogen and oxygen atoms in total. The van der Waals surface area contributed by atoms with Crippen molar-refractivity contribution in [1.29, 1.82) is 0 Å². The third kappa shape index (κ3) is 4.38. The van der Waals surface area contributed by atoms with Crippen molar-refractivity contribution in [1.82, 2.24) is 9.55 Å². The number of benzene rings is 1. The largest absolute Gasteiger partial charge is 0.459 e. The summed E-state index contributed by atoms with van der Waals surface area (Å²) in [5.74, 6) is -0.191. The number of hydrogen-bond donors (Lipinski definition) is 0. The SMILES string of the molecule is CC[C@@H](C)n1c(SCC(=O)OC(C)(C)C)nc2ccccc2c1=O. The Kier molecular flexibility index (Phi) is 5.70. The molecule has 1 aromatic carbocycles. The number of aromatic nitrogens is 2. The zero-order valence-electron chi connectivity index (χ0n) is 14.8. The van der Waals surface area contributed by atoms with E-state index in [1.807, 2.05) is 52.8 Å². The summed E-state index contributed by atoms with van der Waals surface area (Å²) in [7, 11) is 0. The van der Waals surface area contributed by atoms with Crippen molar-refractivity contribution < 1.29 is 9.53 Å². The highest BCUT2D eigenvalue weighted by molar-refractivity contribution is 7.99. The second kappa shape index (κ2) is 7.38. The zero-order valence-corrected chi connectivity index (χ0v) is 15.6. The summed E-state index contributed by atoms with van der Waals surface area (Å²) < 4.78 is 7.01. The van der Waals surface area contributed by atoms with Gasteiger partial charge in [0.25, 0.3) is 5.56 Å². The van der Waals surface area contributed by atoms with Gasteiger partial charge in [-0.2, -0.15) is 0 Å². The quantitative estimate of drug-likeness (QED) is 0.467. The molecule has 0 aliphatic heterocycles. The van der Waals surface area contributed by atoms with Gasteiger partial charge in [0.1, 0.15) is 5.60 Å². The van der Waals surface area contributed by atoms with Crippen LogP contribution in [-0.4, -0.2) is 26.9 Å². The van der Waals surface area contributed by atoms with Crippen LogP contribution < -0.4 is 5.56 Å². The minimum atomic E-state index is -0.523. The van der Waals surface area contributed by atoms with Crippen molar-refractivity contribution in [2.24, 2.45) is 0 Å². The average Bonchev–Trinajstić information content (AvgIpc) is 2.51. The minimum Gasteiger partial charge on any atom is -0.459 e. The van der Waals surface area contributed by atoms with Crippen LogP contribution >= 0.6 is 11.8 Å². The van der Waals surface area contributed by atoms with E-state index < -0.39 is 5.60 Å². The molecule has 24 heavy (non-hydrogen) atoms. The molecule has 0 bridgehead atoms. The molecule has 1 heterocycles. The Morgan fingerprint density at radius 1 is 1.33 bits per heavy atom. The van der Waals surface area contributed by atoms with Crippen molar-refractivity contribution in [2.45, 2.75) is 57.8 Å². The molecular formula is C18H24N2O3S. The Morgan fingerprint density at radius 3 is 2.62 bits per heavy atom. The maximum atomic E-state index is 12.8. The molecule has 0 amide bonds. The van der Waals surface area contributed by atoms with Crippen LogP contribution in [0.15, 0.2) is 34.2 Å². The van der Waals surface area contributed by atoms with E-state index in [2.05, 4.69) is 4.98 Å². The number of carbonyl (C=O) groups is 1. The molecule has 1 atom stereocenters. The number of carbonyl (C=O) groups excluding carboxylic acids is 1. The number of fused-ring (bicyclic) bond motifs is 1. The van der Waals surface area contributed by atoms with Gasteiger partial charge in [0.05, 0.1) is 16.7 Å². The van der Waals surface area contributed by atoms with Gasteiger partial charge in [-0.3, -0.25) is 14.2 Å². The highest BCUT2D eigenvalue weighted by Crippen LogP contribution is 2.23. The number of esters is 1. The topological polar surface area (TPSA) is 61.2 Å². The molecule has 0 N–H and O–H groups in total. The van der Waals surface area contributed by atoms with E-state index in [1.54, 1.807) is 10.6 Å². The van der Waals surface area contributed by atoms with Gasteiger partial charge in [-0.05, 0) is 46.2 Å². The first-order valence-electron chi connectivity index (χ1n) is 8.09. The second-order valence-electron chi connectivity index (χ2n) is 6.72. The van der Waals surface area contributed by atoms with Gasteiger partial charge in [0.2, 0.25) is 0 Å². The number of thioether (sulfide) groups is 1. The van der Waals surface area contributed by atoms with E-state index in [-0.39, 0.29) is 23.3 Å². The summed E-state index contributed by atoms with van der Waals surface area (Å²) in [5, 5.41) is 1.15. The normalized spacial score (nSPS) is 13.0. The van der Waals surface area contributed by atoms with Crippen LogP contribution in [0.2, 0.25) is 0 Å². The lowest BCUT2D eigenvalue weighted by Crippen LogP contribution is -2.27. The highest BCUT2D eigenvalue weighted by Gasteiger charge is 2.19. The van der Waals surface area contributed by atoms with Crippen LogP contribution in [0.4, 0.5) is 0 Å². The van der Waals surface area contributed by atoms with E-state index in [9.17, 15) is 9.59 Å². The monoisotopic (exact) mass is 348 g/mol. The fourth-order valence-electron chi connectivity index (χ4n) is 2.29. The van der Waals surface area contributed by atoms with Gasteiger partial charge in [0.15, 0.2) is 5.16 Å². The van der Waals surface area contributed by atoms with Crippen LogP contribution in [0, 0.1) is 0 Å². The molecule has 1 aromatic heterocycles. The van der Waals surface area contributed by atoms with Crippen LogP contribution in [0.3, 0.4) is 0 Å². The molecule has 0 radical (unpaired) electrons. The van der Waals surface area contributed by atoms with Crippen LogP contribution in [0.1, 0.15) is 47.1 Å². The number of para-hydroxylation sites is 1. The van der Waals surface area contributed by atoms with Gasteiger partial charge in [0, 0.05) is 6.04 Å². The summed E-state index contributed by atoms with van der Waals surface area (Å²) in [5.41, 5.74) is 0.0561. The van der Waals surface area contributed by atoms with Gasteiger partial charge >= 0.3 is 5.97 Å². The summed E-state index contributed by atoms with van der Waals surface area (Å²) in [4.78, 5) is 29.4. The van der Waals surface area contributed by atoms with Crippen molar-refractivity contribution in [3.63, 3.8) is 0 Å². The smallest absolute Gasteiger partial charge is 0.316 e. The molecule has 0 saturated carbocycles. The van der Waals surface area contributed by atoms with Crippen LogP contribution in [-0.2, 0) is 9.53 Å². The lowest BCUT2D eigenvalue weighted by Gasteiger charge is -2.20. The molecule has 0 spiro atoms. The fraction of sp³-hybridized carbons (Fsp3) is 0.500. The Labute approximate surface area is 146 Å². The average molecular weight is 348 g/mol. The first-order chi connectivity index (χ1) is 11.2. The summed E-state index contributed by atoms with van der Waals surface area (Å²) in [6, 6.07) is 7.29. The number of ether oxygens (including phenoxy) is 1. The van der Waals surface area contributed by atoms with Crippen molar-refractivity contribution >= 4 is 28.6 Å². The lowest BCUT2D eigenvalue weighted by molar-refractivity contribution is -0.151. The first kappa shape index (κ1) is 18.5. The van der Waals surface area contributed by atoms with E-state index in [0.29, 0.717) is 16.1 Å². The van der Waals surface area contributed by atoms with E-state index in [4.69, 9.17) is 4.74 Å². The minimum absolute atomic E-state index is 0.00995. The number of hydrogen-bond acceptors (Lipinski definition) is 5. The van der Waals surface area contributed by atoms with E-state index >= 15 is 0 Å². The molecule has 0 aliphatic carbocycles. The fourth-order valence-corrected chi connectivity index (χ4v) is 3.16. The molecule has 0 fully saturated rings. The number of rotatable bonds is 5. The molecule has 130 valence electrons. The van der Waals surface area contributed by atoms with E-state index in [0.717, 1.165) is 6.42 Å². The molecule has 0 unspecified atom stereocenters. The van der Waals surface area contributed by atoms with Crippen molar-refractivity contribution in [3.8, 4) is 0 Å². The summed E-state index contributed by atoms with van der Waals surface area (Å²) >= 11 is 1.25. The van der Waals surface area contributed by atoms with Gasteiger partial charge < -0.3 is 4.74 Å². The van der Waals surface area contributed by atoms with E-state index in [1.165, 1.54) is 11.8 Å². The van der Waals surface area contributed by atoms with Gasteiger partial charge in [-0.15, -0.1) is 0 Å². The standard InChI is InChI=1S/C18H24N2O3S/c1-6-12(2)20-16(22)13-9-7-8-10-14(13)19-17(20)24-11-15(21)23-18(3,4)5/h7-10,12H,6,11H2,1-5H3/t12-/m1/s1. The molecular weight excluding hydrogens is 324 g/mol. The molecule has 2 aromatic rings.